The van der Waals surface area contributed by atoms with Crippen molar-refractivity contribution in [2.45, 2.75) is 13.3 Å². The van der Waals surface area contributed by atoms with E-state index in [0.29, 0.717) is 36.9 Å². The molecule has 1 aliphatic heterocycles. The molecular weight excluding hydrogens is 384 g/mol. The average Bonchev–Trinajstić information content (AvgIpc) is 3.30. The third kappa shape index (κ3) is 4.07. The van der Waals surface area contributed by atoms with Gasteiger partial charge in [-0.1, -0.05) is 6.92 Å². The minimum Gasteiger partial charge on any atom is -0.465 e. The molecule has 3 rings (SSSR count). The number of aromatic nitrogens is 2. The van der Waals surface area contributed by atoms with Crippen molar-refractivity contribution in [3.63, 3.8) is 0 Å². The van der Waals surface area contributed by atoms with Crippen LogP contribution in [0.25, 0.3) is 0 Å². The van der Waals surface area contributed by atoms with Crippen molar-refractivity contribution in [2.75, 3.05) is 38.7 Å². The lowest BCUT2D eigenvalue weighted by Crippen LogP contribution is -2.40. The van der Waals surface area contributed by atoms with E-state index in [1.54, 1.807) is 18.0 Å². The first-order valence-corrected chi connectivity index (χ1v) is 9.69. The normalized spacial score (nSPS) is 14.0. The Labute approximate surface area is 166 Å². The van der Waals surface area contributed by atoms with Gasteiger partial charge in [0.05, 0.1) is 25.9 Å². The molecule has 2 aromatic rings. The Hall–Kier alpha value is -2.72. The number of nitrogens with zero attached hydrogens (tertiary/aromatic N) is 3. The monoisotopic (exact) mass is 406 g/mol. The number of carbonyl (C=O) groups excluding carboxylic acids is 3. The van der Waals surface area contributed by atoms with E-state index in [1.165, 1.54) is 29.2 Å². The Balaban J connectivity index is 1.80. The lowest BCUT2D eigenvalue weighted by atomic mass is 10.2. The van der Waals surface area contributed by atoms with Crippen molar-refractivity contribution < 1.29 is 23.9 Å². The first kappa shape index (κ1) is 20.0. The average molecular weight is 406 g/mol. The highest BCUT2D eigenvalue weighted by atomic mass is 32.1. The van der Waals surface area contributed by atoms with Gasteiger partial charge in [-0.15, -0.1) is 11.3 Å². The summed E-state index contributed by atoms with van der Waals surface area (Å²) in [4.78, 5) is 39.9. The maximum atomic E-state index is 12.7. The Kier molecular flexibility index (Phi) is 6.10. The van der Waals surface area contributed by atoms with Gasteiger partial charge in [-0.25, -0.2) is 4.79 Å². The lowest BCUT2D eigenvalue weighted by Gasteiger charge is -2.25. The van der Waals surface area contributed by atoms with Crippen LogP contribution in [0.5, 0.6) is 0 Å². The molecule has 2 amide bonds. The third-order valence-electron chi connectivity index (χ3n) is 4.39. The van der Waals surface area contributed by atoms with Gasteiger partial charge in [0, 0.05) is 31.1 Å². The van der Waals surface area contributed by atoms with Crippen LogP contribution < -0.4 is 5.32 Å². The number of hydrogen-bond donors (Lipinski definition) is 1. The zero-order chi connectivity index (χ0) is 20.3. The molecule has 0 atom stereocenters. The van der Waals surface area contributed by atoms with E-state index in [0.717, 1.165) is 11.3 Å². The number of nitrogens with one attached hydrogen (secondary N) is 1. The molecule has 0 unspecified atom stereocenters. The number of ether oxygens (including phenoxy) is 2. The van der Waals surface area contributed by atoms with E-state index >= 15 is 0 Å². The number of methoxy groups -OCH3 is 1. The number of hydrogen-bond acceptors (Lipinski definition) is 7. The van der Waals surface area contributed by atoms with E-state index in [9.17, 15) is 14.4 Å². The summed E-state index contributed by atoms with van der Waals surface area (Å²) < 4.78 is 11.4. The fourth-order valence-electron chi connectivity index (χ4n) is 2.85. The Morgan fingerprint density at radius 1 is 1.29 bits per heavy atom. The number of morpholine rings is 1. The summed E-state index contributed by atoms with van der Waals surface area (Å²) >= 11 is 1.32. The van der Waals surface area contributed by atoms with Crippen molar-refractivity contribution in [1.82, 2.24) is 14.7 Å². The summed E-state index contributed by atoms with van der Waals surface area (Å²) in [5, 5.41) is 7.33. The molecule has 1 saturated heterocycles. The van der Waals surface area contributed by atoms with Crippen LogP contribution in [-0.4, -0.2) is 65.9 Å². The van der Waals surface area contributed by atoms with Crippen LogP contribution in [0, 0.1) is 0 Å². The topological polar surface area (TPSA) is 103 Å². The minimum atomic E-state index is -0.514. The largest absolute Gasteiger partial charge is 0.465 e. The van der Waals surface area contributed by atoms with Crippen LogP contribution in [0.15, 0.2) is 12.1 Å². The molecular formula is C18H22N4O5S. The highest BCUT2D eigenvalue weighted by molar-refractivity contribution is 7.16. The van der Waals surface area contributed by atoms with Crippen LogP contribution in [0.4, 0.5) is 5.00 Å². The second kappa shape index (κ2) is 8.53. The molecule has 1 fully saturated rings. The van der Waals surface area contributed by atoms with Crippen LogP contribution >= 0.6 is 11.3 Å². The van der Waals surface area contributed by atoms with Gasteiger partial charge in [-0.05, 0) is 12.5 Å². The van der Waals surface area contributed by atoms with E-state index in [1.807, 2.05) is 6.92 Å². The number of aryl methyl sites for hydroxylation is 2. The summed E-state index contributed by atoms with van der Waals surface area (Å²) in [5.74, 6) is -1.21. The molecule has 0 bridgehead atoms. The zero-order valence-corrected chi connectivity index (χ0v) is 16.8. The van der Waals surface area contributed by atoms with Crippen molar-refractivity contribution in [2.24, 2.45) is 7.05 Å². The van der Waals surface area contributed by atoms with Gasteiger partial charge in [0.1, 0.15) is 10.7 Å². The fourth-order valence-corrected chi connectivity index (χ4v) is 3.83. The van der Waals surface area contributed by atoms with Crippen molar-refractivity contribution in [1.29, 1.82) is 0 Å². The third-order valence-corrected chi connectivity index (χ3v) is 5.59. The van der Waals surface area contributed by atoms with Crippen molar-refractivity contribution >= 4 is 34.1 Å². The van der Waals surface area contributed by atoms with E-state index in [4.69, 9.17) is 9.47 Å². The molecule has 3 heterocycles. The number of rotatable bonds is 5. The highest BCUT2D eigenvalue weighted by Gasteiger charge is 2.25. The molecule has 9 nitrogen and oxygen atoms in total. The second-order valence-electron chi connectivity index (χ2n) is 6.20. The number of esters is 1. The fraction of sp³-hybridized carbons (Fsp3) is 0.444. The highest BCUT2D eigenvalue weighted by Crippen LogP contribution is 2.29. The number of carbonyl (C=O) groups is 3. The quantitative estimate of drug-likeness (QED) is 0.756. The minimum absolute atomic E-state index is 0.197. The van der Waals surface area contributed by atoms with Gasteiger partial charge in [0.25, 0.3) is 11.8 Å². The standard InChI is InChI=1S/C18H22N4O5S/c1-4-11-9-12(18(25)26-3)16(28-11)19-15(23)14-10-13(20-21(14)2)17(24)22-5-7-27-8-6-22/h9-10H,4-8H2,1-3H3,(H,19,23). The van der Waals surface area contributed by atoms with Crippen molar-refractivity contribution in [3.05, 3.63) is 34.0 Å². The summed E-state index contributed by atoms with van der Waals surface area (Å²) in [6.45, 7) is 3.92. The van der Waals surface area contributed by atoms with Gasteiger partial charge in [-0.2, -0.15) is 5.10 Å². The van der Waals surface area contributed by atoms with E-state index < -0.39 is 11.9 Å². The van der Waals surface area contributed by atoms with Gasteiger partial charge >= 0.3 is 5.97 Å². The molecule has 10 heteroatoms. The van der Waals surface area contributed by atoms with Crippen LogP contribution in [0.1, 0.15) is 43.1 Å². The van der Waals surface area contributed by atoms with E-state index in [2.05, 4.69) is 10.4 Å². The molecule has 2 aromatic heterocycles. The molecule has 1 N–H and O–H groups in total. The predicted molar refractivity (Wildman–Crippen MR) is 103 cm³/mol. The van der Waals surface area contributed by atoms with Gasteiger partial charge in [0.15, 0.2) is 5.69 Å². The van der Waals surface area contributed by atoms with E-state index in [-0.39, 0.29) is 17.3 Å². The predicted octanol–water partition coefficient (Wildman–Crippen LogP) is 1.56. The second-order valence-corrected chi connectivity index (χ2v) is 7.33. The Bertz CT molecular complexity index is 898. The first-order chi connectivity index (χ1) is 13.4. The molecule has 0 aromatic carbocycles. The summed E-state index contributed by atoms with van der Waals surface area (Å²) in [7, 11) is 2.89. The first-order valence-electron chi connectivity index (χ1n) is 8.88. The van der Waals surface area contributed by atoms with Gasteiger partial charge < -0.3 is 19.7 Å². The van der Waals surface area contributed by atoms with Crippen LogP contribution in [-0.2, 0) is 22.9 Å². The van der Waals surface area contributed by atoms with Crippen LogP contribution in [0.2, 0.25) is 0 Å². The molecule has 28 heavy (non-hydrogen) atoms. The molecule has 150 valence electrons. The van der Waals surface area contributed by atoms with Crippen molar-refractivity contribution in [3.8, 4) is 0 Å². The molecule has 0 radical (unpaired) electrons. The molecule has 1 aliphatic rings. The molecule has 0 saturated carbocycles. The SMILES string of the molecule is CCc1cc(C(=O)OC)c(NC(=O)c2cc(C(=O)N3CCOCC3)nn2C)s1. The van der Waals surface area contributed by atoms with Gasteiger partial charge in [-0.3, -0.25) is 14.3 Å². The number of anilines is 1. The lowest BCUT2D eigenvalue weighted by molar-refractivity contribution is 0.0298. The smallest absolute Gasteiger partial charge is 0.340 e. The summed E-state index contributed by atoms with van der Waals surface area (Å²) in [6.07, 6.45) is 0.731. The molecule has 0 spiro atoms. The Morgan fingerprint density at radius 3 is 2.64 bits per heavy atom. The summed E-state index contributed by atoms with van der Waals surface area (Å²) in [5.41, 5.74) is 0.728. The number of thiophene rings is 1. The zero-order valence-electron chi connectivity index (χ0n) is 16.0. The van der Waals surface area contributed by atoms with Gasteiger partial charge in [0.2, 0.25) is 0 Å². The summed E-state index contributed by atoms with van der Waals surface area (Å²) in [6, 6.07) is 3.17. The van der Waals surface area contributed by atoms with Crippen LogP contribution in [0.3, 0.4) is 0 Å². The maximum absolute atomic E-state index is 12.7. The number of amides is 2. The maximum Gasteiger partial charge on any atom is 0.340 e. The Morgan fingerprint density at radius 2 is 2.00 bits per heavy atom. The molecule has 0 aliphatic carbocycles.